The standard InChI is InChI=1S/C8H9NO2S/c1-12-9-6-2-3-7-8(4-6)11-5-10-7/h2-4,9H,5H2,1H3. The highest BCUT2D eigenvalue weighted by molar-refractivity contribution is 7.99. The summed E-state index contributed by atoms with van der Waals surface area (Å²) in [6.45, 7) is 0.331. The molecule has 0 amide bonds. The highest BCUT2D eigenvalue weighted by Crippen LogP contribution is 2.34. The Bertz CT molecular complexity index is 290. The first-order chi connectivity index (χ1) is 5.90. The van der Waals surface area contributed by atoms with Crippen molar-refractivity contribution < 1.29 is 9.47 Å². The fraction of sp³-hybridized carbons (Fsp3) is 0.250. The molecule has 4 heteroatoms. The van der Waals surface area contributed by atoms with Gasteiger partial charge in [-0.05, 0) is 12.1 Å². The summed E-state index contributed by atoms with van der Waals surface area (Å²) < 4.78 is 13.5. The second kappa shape index (κ2) is 3.15. The van der Waals surface area contributed by atoms with Crippen molar-refractivity contribution in [1.29, 1.82) is 0 Å². The molecule has 0 fully saturated rings. The van der Waals surface area contributed by atoms with Gasteiger partial charge >= 0.3 is 0 Å². The molecule has 12 heavy (non-hydrogen) atoms. The van der Waals surface area contributed by atoms with Crippen LogP contribution in [0.15, 0.2) is 18.2 Å². The van der Waals surface area contributed by atoms with Crippen LogP contribution < -0.4 is 14.2 Å². The van der Waals surface area contributed by atoms with Crippen molar-refractivity contribution >= 4 is 17.6 Å². The van der Waals surface area contributed by atoms with Crippen molar-refractivity contribution in [2.24, 2.45) is 0 Å². The summed E-state index contributed by atoms with van der Waals surface area (Å²) in [7, 11) is 0. The predicted molar refractivity (Wildman–Crippen MR) is 49.7 cm³/mol. The lowest BCUT2D eigenvalue weighted by Crippen LogP contribution is -1.92. The maximum absolute atomic E-state index is 5.21. The van der Waals surface area contributed by atoms with Crippen molar-refractivity contribution in [1.82, 2.24) is 0 Å². The van der Waals surface area contributed by atoms with Crippen LogP contribution in [0.25, 0.3) is 0 Å². The zero-order valence-corrected chi connectivity index (χ0v) is 7.48. The molecule has 0 saturated heterocycles. The summed E-state index contributed by atoms with van der Waals surface area (Å²) in [5.41, 5.74) is 1.03. The van der Waals surface area contributed by atoms with Crippen molar-refractivity contribution in [3.05, 3.63) is 18.2 Å². The minimum Gasteiger partial charge on any atom is -0.454 e. The van der Waals surface area contributed by atoms with E-state index in [-0.39, 0.29) is 0 Å². The van der Waals surface area contributed by atoms with Gasteiger partial charge in [0.15, 0.2) is 11.5 Å². The molecule has 0 aromatic heterocycles. The molecule has 3 nitrogen and oxygen atoms in total. The molecule has 64 valence electrons. The van der Waals surface area contributed by atoms with Crippen LogP contribution in [0, 0.1) is 0 Å². The first-order valence-corrected chi connectivity index (χ1v) is 4.81. The molecular formula is C8H9NO2S. The number of ether oxygens (including phenoxy) is 2. The van der Waals surface area contributed by atoms with Crippen LogP contribution in [-0.4, -0.2) is 13.0 Å². The van der Waals surface area contributed by atoms with E-state index >= 15 is 0 Å². The van der Waals surface area contributed by atoms with Gasteiger partial charge < -0.3 is 14.2 Å². The highest BCUT2D eigenvalue weighted by Gasteiger charge is 2.12. The van der Waals surface area contributed by atoms with Crippen LogP contribution in [0.5, 0.6) is 11.5 Å². The molecule has 1 heterocycles. The van der Waals surface area contributed by atoms with Crippen LogP contribution in [-0.2, 0) is 0 Å². The topological polar surface area (TPSA) is 30.5 Å². The van der Waals surface area contributed by atoms with Gasteiger partial charge in [0.1, 0.15) is 0 Å². The van der Waals surface area contributed by atoms with Gasteiger partial charge in [0.25, 0.3) is 0 Å². The summed E-state index contributed by atoms with van der Waals surface area (Å²) in [6, 6.07) is 5.80. The van der Waals surface area contributed by atoms with E-state index in [1.165, 1.54) is 0 Å². The zero-order chi connectivity index (χ0) is 8.39. The zero-order valence-electron chi connectivity index (χ0n) is 6.66. The number of hydrogen-bond acceptors (Lipinski definition) is 4. The number of anilines is 1. The van der Waals surface area contributed by atoms with E-state index in [2.05, 4.69) is 4.72 Å². The number of hydrogen-bond donors (Lipinski definition) is 1. The van der Waals surface area contributed by atoms with Gasteiger partial charge in [-0.1, -0.05) is 11.9 Å². The quantitative estimate of drug-likeness (QED) is 0.711. The van der Waals surface area contributed by atoms with Gasteiger partial charge in [-0.15, -0.1) is 0 Å². The summed E-state index contributed by atoms with van der Waals surface area (Å²) in [4.78, 5) is 0. The minimum absolute atomic E-state index is 0.331. The second-order valence-electron chi connectivity index (χ2n) is 2.37. The fourth-order valence-corrected chi connectivity index (χ4v) is 1.44. The third-order valence-corrected chi connectivity index (χ3v) is 2.03. The van der Waals surface area contributed by atoms with Gasteiger partial charge in [0, 0.05) is 18.0 Å². The fourth-order valence-electron chi connectivity index (χ4n) is 1.08. The van der Waals surface area contributed by atoms with Gasteiger partial charge in [-0.2, -0.15) is 0 Å². The average molecular weight is 183 g/mol. The van der Waals surface area contributed by atoms with E-state index in [1.54, 1.807) is 11.9 Å². The number of nitrogens with one attached hydrogen (secondary N) is 1. The molecule has 0 atom stereocenters. The monoisotopic (exact) mass is 183 g/mol. The van der Waals surface area contributed by atoms with Crippen molar-refractivity contribution in [3.8, 4) is 11.5 Å². The Morgan fingerprint density at radius 3 is 3.00 bits per heavy atom. The van der Waals surface area contributed by atoms with Gasteiger partial charge in [-0.3, -0.25) is 0 Å². The normalized spacial score (nSPS) is 13.1. The van der Waals surface area contributed by atoms with E-state index in [4.69, 9.17) is 9.47 Å². The van der Waals surface area contributed by atoms with Gasteiger partial charge in [0.05, 0.1) is 0 Å². The highest BCUT2D eigenvalue weighted by atomic mass is 32.2. The Balaban J connectivity index is 2.26. The molecule has 0 aliphatic carbocycles. The Hall–Kier alpha value is -1.03. The van der Waals surface area contributed by atoms with E-state index in [9.17, 15) is 0 Å². The predicted octanol–water partition coefficient (Wildman–Crippen LogP) is 2.11. The molecule has 1 aromatic rings. The molecule has 1 N–H and O–H groups in total. The Labute approximate surface area is 75.2 Å². The first-order valence-electron chi connectivity index (χ1n) is 3.59. The molecule has 0 unspecified atom stereocenters. The number of rotatable bonds is 2. The lowest BCUT2D eigenvalue weighted by atomic mass is 10.3. The second-order valence-corrected chi connectivity index (χ2v) is 2.99. The van der Waals surface area contributed by atoms with Crippen LogP contribution in [0.1, 0.15) is 0 Å². The lowest BCUT2D eigenvalue weighted by Gasteiger charge is -2.02. The molecule has 1 aliphatic rings. The van der Waals surface area contributed by atoms with E-state index in [0.29, 0.717) is 6.79 Å². The summed E-state index contributed by atoms with van der Waals surface area (Å²) in [5.74, 6) is 1.63. The van der Waals surface area contributed by atoms with E-state index in [1.807, 2.05) is 24.5 Å². The third-order valence-electron chi connectivity index (χ3n) is 1.59. The summed E-state index contributed by atoms with van der Waals surface area (Å²) in [5, 5.41) is 0. The molecule has 1 aromatic carbocycles. The molecule has 0 radical (unpaired) electrons. The van der Waals surface area contributed by atoms with Gasteiger partial charge in [0.2, 0.25) is 6.79 Å². The van der Waals surface area contributed by atoms with E-state index < -0.39 is 0 Å². The SMILES string of the molecule is CSNc1ccc2c(c1)OCO2. The number of fused-ring (bicyclic) bond motifs is 1. The van der Waals surface area contributed by atoms with Crippen LogP contribution in [0.4, 0.5) is 5.69 Å². The summed E-state index contributed by atoms with van der Waals surface area (Å²) in [6.07, 6.45) is 1.98. The molecule has 1 aliphatic heterocycles. The number of benzene rings is 1. The van der Waals surface area contributed by atoms with Crippen molar-refractivity contribution in [2.45, 2.75) is 0 Å². The molecule has 2 rings (SSSR count). The minimum atomic E-state index is 0.331. The molecule has 0 spiro atoms. The largest absolute Gasteiger partial charge is 0.454 e. The van der Waals surface area contributed by atoms with Crippen LogP contribution >= 0.6 is 11.9 Å². The Morgan fingerprint density at radius 2 is 2.17 bits per heavy atom. The molecule has 0 bridgehead atoms. The van der Waals surface area contributed by atoms with E-state index in [0.717, 1.165) is 17.2 Å². The summed E-state index contributed by atoms with van der Waals surface area (Å²) >= 11 is 1.55. The first kappa shape index (κ1) is 7.61. The van der Waals surface area contributed by atoms with Crippen molar-refractivity contribution in [2.75, 3.05) is 17.8 Å². The third kappa shape index (κ3) is 1.30. The molecular weight excluding hydrogens is 174 g/mol. The van der Waals surface area contributed by atoms with Gasteiger partial charge in [-0.25, -0.2) is 0 Å². The van der Waals surface area contributed by atoms with Crippen LogP contribution in [0.3, 0.4) is 0 Å². The Kier molecular flexibility index (Phi) is 1.99. The average Bonchev–Trinajstić information content (AvgIpc) is 2.51. The lowest BCUT2D eigenvalue weighted by molar-refractivity contribution is 0.174. The smallest absolute Gasteiger partial charge is 0.231 e. The molecule has 0 saturated carbocycles. The maximum atomic E-state index is 5.21. The van der Waals surface area contributed by atoms with Crippen LogP contribution in [0.2, 0.25) is 0 Å². The maximum Gasteiger partial charge on any atom is 0.231 e. The Morgan fingerprint density at radius 1 is 1.33 bits per heavy atom. The van der Waals surface area contributed by atoms with Crippen molar-refractivity contribution in [3.63, 3.8) is 0 Å².